The number of alkyl halides is 6. The molecule has 0 atom stereocenters. The molecule has 0 saturated carbocycles. The summed E-state index contributed by atoms with van der Waals surface area (Å²) in [5.74, 6) is 0. The fourth-order valence-electron chi connectivity index (χ4n) is 0.917. The van der Waals surface area contributed by atoms with Crippen LogP contribution in [0.15, 0.2) is 18.2 Å². The second-order valence-electron chi connectivity index (χ2n) is 2.72. The highest BCUT2D eigenvalue weighted by molar-refractivity contribution is 6.30. The summed E-state index contributed by atoms with van der Waals surface area (Å²) in [6, 6.07) is 0.902. The summed E-state index contributed by atoms with van der Waals surface area (Å²) >= 11 is 5.16. The molecule has 0 aliphatic rings. The number of hydrogen-bond donors (Lipinski definition) is 0. The molecule has 0 heterocycles. The number of hydrogen-bond acceptors (Lipinski definition) is 0. The second-order valence-corrected chi connectivity index (χ2v) is 3.16. The standard InChI is InChI=1S/C8H3ClF6/c9-6-2-4(7(10,11)12)1-5(3-6)8(13,14)15/h1-3H. The minimum Gasteiger partial charge on any atom is -0.166 e. The second kappa shape index (κ2) is 3.59. The van der Waals surface area contributed by atoms with E-state index in [9.17, 15) is 26.3 Å². The predicted octanol–water partition coefficient (Wildman–Crippen LogP) is 4.38. The zero-order chi connectivity index (χ0) is 11.9. The molecule has 0 unspecified atom stereocenters. The molecule has 0 nitrogen and oxygen atoms in total. The van der Waals surface area contributed by atoms with Gasteiger partial charge in [-0.15, -0.1) is 0 Å². The summed E-state index contributed by atoms with van der Waals surface area (Å²) in [7, 11) is 0. The van der Waals surface area contributed by atoms with Gasteiger partial charge in [0.25, 0.3) is 0 Å². The van der Waals surface area contributed by atoms with E-state index in [-0.39, 0.29) is 6.07 Å². The van der Waals surface area contributed by atoms with Gasteiger partial charge in [-0.3, -0.25) is 0 Å². The Labute approximate surface area is 85.5 Å². The zero-order valence-corrected chi connectivity index (χ0v) is 7.63. The molecular formula is C8H3ClF6. The van der Waals surface area contributed by atoms with Gasteiger partial charge in [0, 0.05) is 5.02 Å². The summed E-state index contributed by atoms with van der Waals surface area (Å²) in [6.07, 6.45) is -9.68. The van der Waals surface area contributed by atoms with Crippen LogP contribution in [0.25, 0.3) is 0 Å². The minimum atomic E-state index is -4.84. The van der Waals surface area contributed by atoms with E-state index in [4.69, 9.17) is 11.6 Å². The van der Waals surface area contributed by atoms with Crippen molar-refractivity contribution >= 4 is 11.6 Å². The molecule has 84 valence electrons. The largest absolute Gasteiger partial charge is 0.416 e. The normalized spacial score (nSPS) is 13.0. The van der Waals surface area contributed by atoms with Crippen molar-refractivity contribution in [2.24, 2.45) is 0 Å². The van der Waals surface area contributed by atoms with Gasteiger partial charge in [-0.05, 0) is 18.2 Å². The first-order valence-electron chi connectivity index (χ1n) is 3.55. The zero-order valence-electron chi connectivity index (χ0n) is 6.88. The maximum atomic E-state index is 12.1. The van der Waals surface area contributed by atoms with Crippen LogP contribution in [0.4, 0.5) is 26.3 Å². The first kappa shape index (κ1) is 12.2. The highest BCUT2D eigenvalue weighted by Gasteiger charge is 2.36. The van der Waals surface area contributed by atoms with Crippen molar-refractivity contribution in [1.82, 2.24) is 0 Å². The monoisotopic (exact) mass is 248 g/mol. The van der Waals surface area contributed by atoms with Crippen LogP contribution in [0.1, 0.15) is 11.1 Å². The maximum absolute atomic E-state index is 12.1. The van der Waals surface area contributed by atoms with Gasteiger partial charge in [-0.25, -0.2) is 0 Å². The van der Waals surface area contributed by atoms with Gasteiger partial charge < -0.3 is 0 Å². The van der Waals surface area contributed by atoms with Crippen LogP contribution in [-0.2, 0) is 12.4 Å². The van der Waals surface area contributed by atoms with Gasteiger partial charge in [0.2, 0.25) is 0 Å². The van der Waals surface area contributed by atoms with E-state index in [1.54, 1.807) is 0 Å². The lowest BCUT2D eigenvalue weighted by atomic mass is 10.1. The fraction of sp³-hybridized carbons (Fsp3) is 0.250. The van der Waals surface area contributed by atoms with Crippen LogP contribution < -0.4 is 0 Å². The number of benzene rings is 1. The Balaban J connectivity index is 3.30. The molecule has 0 saturated heterocycles. The Hall–Kier alpha value is -0.910. The van der Waals surface area contributed by atoms with Gasteiger partial charge in [-0.1, -0.05) is 11.6 Å². The topological polar surface area (TPSA) is 0 Å². The lowest BCUT2D eigenvalue weighted by Crippen LogP contribution is -2.10. The van der Waals surface area contributed by atoms with Crippen LogP contribution in [0, 0.1) is 0 Å². The Kier molecular flexibility index (Phi) is 2.91. The third kappa shape index (κ3) is 3.02. The maximum Gasteiger partial charge on any atom is 0.416 e. The molecular weight excluding hydrogens is 246 g/mol. The third-order valence-electron chi connectivity index (χ3n) is 1.55. The van der Waals surface area contributed by atoms with E-state index in [1.165, 1.54) is 0 Å². The van der Waals surface area contributed by atoms with Gasteiger partial charge in [0.1, 0.15) is 0 Å². The fourth-order valence-corrected chi connectivity index (χ4v) is 1.15. The van der Waals surface area contributed by atoms with Crippen LogP contribution in [0.3, 0.4) is 0 Å². The molecule has 0 aromatic heterocycles. The summed E-state index contributed by atoms with van der Waals surface area (Å²) in [6.45, 7) is 0. The van der Waals surface area contributed by atoms with Gasteiger partial charge >= 0.3 is 12.4 Å². The predicted molar refractivity (Wildman–Crippen MR) is 41.5 cm³/mol. The van der Waals surface area contributed by atoms with Crippen LogP contribution >= 0.6 is 11.6 Å². The average Bonchev–Trinajstić information content (AvgIpc) is 1.99. The molecule has 0 aliphatic heterocycles. The first-order valence-corrected chi connectivity index (χ1v) is 3.93. The van der Waals surface area contributed by atoms with E-state index < -0.39 is 28.5 Å². The van der Waals surface area contributed by atoms with Crippen molar-refractivity contribution in [2.45, 2.75) is 12.4 Å². The van der Waals surface area contributed by atoms with Crippen molar-refractivity contribution < 1.29 is 26.3 Å². The first-order chi connectivity index (χ1) is 6.60. The Morgan fingerprint density at radius 2 is 1.07 bits per heavy atom. The molecule has 0 radical (unpaired) electrons. The molecule has 15 heavy (non-hydrogen) atoms. The molecule has 0 bridgehead atoms. The van der Waals surface area contributed by atoms with Gasteiger partial charge in [-0.2, -0.15) is 26.3 Å². The van der Waals surface area contributed by atoms with Crippen molar-refractivity contribution in [2.75, 3.05) is 0 Å². The van der Waals surface area contributed by atoms with Crippen LogP contribution in [-0.4, -0.2) is 0 Å². The molecule has 0 fully saturated rings. The lowest BCUT2D eigenvalue weighted by Gasteiger charge is -2.11. The van der Waals surface area contributed by atoms with Crippen molar-refractivity contribution in [3.8, 4) is 0 Å². The average molecular weight is 249 g/mol. The Bertz CT molecular complexity index is 332. The quantitative estimate of drug-likeness (QED) is 0.598. The molecule has 0 aliphatic carbocycles. The highest BCUT2D eigenvalue weighted by Crippen LogP contribution is 2.37. The number of rotatable bonds is 0. The van der Waals surface area contributed by atoms with Gasteiger partial charge in [0.15, 0.2) is 0 Å². The lowest BCUT2D eigenvalue weighted by molar-refractivity contribution is -0.143. The Morgan fingerprint density at radius 1 is 0.733 bits per heavy atom. The van der Waals surface area contributed by atoms with Crippen molar-refractivity contribution in [1.29, 1.82) is 0 Å². The van der Waals surface area contributed by atoms with E-state index in [2.05, 4.69) is 0 Å². The van der Waals surface area contributed by atoms with E-state index in [1.807, 2.05) is 0 Å². The van der Waals surface area contributed by atoms with Gasteiger partial charge in [0.05, 0.1) is 11.1 Å². The minimum absolute atomic E-state index is 0.0197. The molecule has 7 heteroatoms. The molecule has 0 N–H and O–H groups in total. The molecule has 1 aromatic carbocycles. The summed E-state index contributed by atoms with van der Waals surface area (Å²) < 4.78 is 72.7. The third-order valence-corrected chi connectivity index (χ3v) is 1.77. The summed E-state index contributed by atoms with van der Waals surface area (Å²) in [4.78, 5) is 0. The molecule has 1 rings (SSSR count). The SMILES string of the molecule is FC(F)(F)c1cc(Cl)cc(C(F)(F)F)c1. The molecule has 0 amide bonds. The number of halogens is 7. The Morgan fingerprint density at radius 3 is 1.33 bits per heavy atom. The van der Waals surface area contributed by atoms with Crippen molar-refractivity contribution in [3.63, 3.8) is 0 Å². The van der Waals surface area contributed by atoms with E-state index in [0.717, 1.165) is 0 Å². The van der Waals surface area contributed by atoms with Crippen LogP contribution in [0.5, 0.6) is 0 Å². The molecule has 0 spiro atoms. The summed E-state index contributed by atoms with van der Waals surface area (Å²) in [5, 5.41) is -0.600. The molecule has 1 aromatic rings. The van der Waals surface area contributed by atoms with Crippen LogP contribution in [0.2, 0.25) is 5.02 Å². The van der Waals surface area contributed by atoms with E-state index >= 15 is 0 Å². The van der Waals surface area contributed by atoms with E-state index in [0.29, 0.717) is 12.1 Å². The summed E-state index contributed by atoms with van der Waals surface area (Å²) in [5.41, 5.74) is -2.83. The smallest absolute Gasteiger partial charge is 0.166 e. The highest BCUT2D eigenvalue weighted by atomic mass is 35.5. The van der Waals surface area contributed by atoms with Crippen molar-refractivity contribution in [3.05, 3.63) is 34.3 Å².